The molecule has 0 atom stereocenters. The molecular weight excluding hydrogens is 250 g/mol. The minimum atomic E-state index is 0.995. The quantitative estimate of drug-likeness (QED) is 0.801. The molecule has 2 aromatic rings. The molecule has 1 radical (unpaired) electrons. The highest BCUT2D eigenvalue weighted by Gasteiger charge is 2.20. The Kier molecular flexibility index (Phi) is 3.81. The van der Waals surface area contributed by atoms with E-state index in [-0.39, 0.29) is 0 Å². The molecule has 1 aromatic heterocycles. The van der Waals surface area contributed by atoms with Crippen LogP contribution in [0, 0.1) is 5.92 Å². The van der Waals surface area contributed by atoms with E-state index in [9.17, 15) is 0 Å². The third-order valence-electron chi connectivity index (χ3n) is 3.67. The SMILES string of the molecule is CON=C1CC[C](c2cccc(-n3cccn3)c2)CC1. The summed E-state index contributed by atoms with van der Waals surface area (Å²) >= 11 is 0. The van der Waals surface area contributed by atoms with E-state index in [0.717, 1.165) is 31.4 Å². The molecule has 0 saturated heterocycles. The smallest absolute Gasteiger partial charge is 0.106 e. The van der Waals surface area contributed by atoms with Gasteiger partial charge < -0.3 is 4.84 Å². The van der Waals surface area contributed by atoms with E-state index in [0.29, 0.717) is 0 Å². The summed E-state index contributed by atoms with van der Waals surface area (Å²) in [4.78, 5) is 4.86. The minimum Gasteiger partial charge on any atom is -0.399 e. The lowest BCUT2D eigenvalue weighted by Gasteiger charge is -2.22. The van der Waals surface area contributed by atoms with E-state index in [2.05, 4.69) is 34.5 Å². The van der Waals surface area contributed by atoms with Crippen LogP contribution in [0.15, 0.2) is 47.9 Å². The van der Waals surface area contributed by atoms with Gasteiger partial charge in [-0.05, 0) is 49.4 Å². The molecule has 0 N–H and O–H groups in total. The zero-order valence-electron chi connectivity index (χ0n) is 11.6. The molecule has 4 nitrogen and oxygen atoms in total. The van der Waals surface area contributed by atoms with Crippen molar-refractivity contribution in [2.45, 2.75) is 25.7 Å². The van der Waals surface area contributed by atoms with Gasteiger partial charge in [-0.3, -0.25) is 0 Å². The number of aromatic nitrogens is 2. The van der Waals surface area contributed by atoms with Crippen LogP contribution in [0.4, 0.5) is 0 Å². The molecule has 0 bridgehead atoms. The molecule has 0 unspecified atom stereocenters. The maximum absolute atomic E-state index is 4.86. The average Bonchev–Trinajstić information content (AvgIpc) is 3.03. The molecule has 103 valence electrons. The molecule has 4 heteroatoms. The lowest BCUT2D eigenvalue weighted by Crippen LogP contribution is -2.14. The first-order chi connectivity index (χ1) is 9.86. The molecule has 1 heterocycles. The lowest BCUT2D eigenvalue weighted by molar-refractivity contribution is 0.211. The van der Waals surface area contributed by atoms with E-state index < -0.39 is 0 Å². The fourth-order valence-corrected chi connectivity index (χ4v) is 2.64. The number of nitrogens with zero attached hydrogens (tertiary/aromatic N) is 3. The van der Waals surface area contributed by atoms with Crippen molar-refractivity contribution in [2.75, 3.05) is 7.11 Å². The maximum Gasteiger partial charge on any atom is 0.106 e. The van der Waals surface area contributed by atoms with Crippen LogP contribution in [0.1, 0.15) is 31.2 Å². The first-order valence-corrected chi connectivity index (χ1v) is 6.91. The summed E-state index contributed by atoms with van der Waals surface area (Å²) in [6, 6.07) is 10.5. The first-order valence-electron chi connectivity index (χ1n) is 6.91. The Bertz CT molecular complexity index is 580. The zero-order valence-corrected chi connectivity index (χ0v) is 11.6. The highest BCUT2D eigenvalue weighted by molar-refractivity contribution is 5.85. The summed E-state index contributed by atoms with van der Waals surface area (Å²) in [5.41, 5.74) is 3.59. The molecule has 0 aliphatic heterocycles. The van der Waals surface area contributed by atoms with Gasteiger partial charge in [-0.1, -0.05) is 17.3 Å². The van der Waals surface area contributed by atoms with E-state index >= 15 is 0 Å². The van der Waals surface area contributed by atoms with Gasteiger partial charge in [-0.15, -0.1) is 0 Å². The Morgan fingerprint density at radius 3 is 2.70 bits per heavy atom. The van der Waals surface area contributed by atoms with Gasteiger partial charge >= 0.3 is 0 Å². The second-order valence-corrected chi connectivity index (χ2v) is 4.94. The van der Waals surface area contributed by atoms with Gasteiger partial charge in [-0.25, -0.2) is 4.68 Å². The zero-order chi connectivity index (χ0) is 13.8. The Labute approximate surface area is 119 Å². The molecule has 1 aliphatic rings. The summed E-state index contributed by atoms with van der Waals surface area (Å²) in [6.45, 7) is 0. The normalized spacial score (nSPS) is 16.1. The van der Waals surface area contributed by atoms with Gasteiger partial charge in [0.1, 0.15) is 7.11 Å². The van der Waals surface area contributed by atoms with E-state index in [1.807, 2.05) is 16.9 Å². The standard InChI is InChI=1S/C16H18N3O/c1-20-18-15-8-6-13(7-9-15)14-4-2-5-16(12-14)19-11-3-10-17-19/h2-5,10-12H,6-9H2,1H3. The van der Waals surface area contributed by atoms with Crippen molar-refractivity contribution < 1.29 is 4.84 Å². The van der Waals surface area contributed by atoms with Gasteiger partial charge in [0.25, 0.3) is 0 Å². The fourth-order valence-electron chi connectivity index (χ4n) is 2.64. The van der Waals surface area contributed by atoms with E-state index in [1.165, 1.54) is 17.2 Å². The van der Waals surface area contributed by atoms with Crippen molar-refractivity contribution in [3.05, 3.63) is 54.2 Å². The number of rotatable bonds is 3. The summed E-state index contributed by atoms with van der Waals surface area (Å²) < 4.78 is 1.89. The van der Waals surface area contributed by atoms with Crippen molar-refractivity contribution in [1.29, 1.82) is 0 Å². The lowest BCUT2D eigenvalue weighted by atomic mass is 9.83. The highest BCUT2D eigenvalue weighted by Crippen LogP contribution is 2.31. The predicted octanol–water partition coefficient (Wildman–Crippen LogP) is 3.37. The van der Waals surface area contributed by atoms with Gasteiger partial charge in [0.2, 0.25) is 0 Å². The largest absolute Gasteiger partial charge is 0.399 e. The van der Waals surface area contributed by atoms with Crippen LogP contribution in [0.5, 0.6) is 0 Å². The average molecular weight is 268 g/mol. The second kappa shape index (κ2) is 5.90. The first kappa shape index (κ1) is 12.9. The molecule has 3 rings (SSSR count). The van der Waals surface area contributed by atoms with Crippen molar-refractivity contribution in [3.8, 4) is 5.69 Å². The van der Waals surface area contributed by atoms with Crippen LogP contribution in [0.3, 0.4) is 0 Å². The molecule has 1 aromatic carbocycles. The number of oxime groups is 1. The van der Waals surface area contributed by atoms with Crippen LogP contribution >= 0.6 is 0 Å². The molecule has 20 heavy (non-hydrogen) atoms. The monoisotopic (exact) mass is 268 g/mol. The molecule has 0 amide bonds. The predicted molar refractivity (Wildman–Crippen MR) is 78.8 cm³/mol. The summed E-state index contributed by atoms with van der Waals surface area (Å²) in [7, 11) is 1.61. The Hall–Kier alpha value is -2.10. The van der Waals surface area contributed by atoms with Crippen LogP contribution in [0.25, 0.3) is 5.69 Å². The van der Waals surface area contributed by atoms with Gasteiger partial charge in [0, 0.05) is 18.3 Å². The van der Waals surface area contributed by atoms with Crippen molar-refractivity contribution in [1.82, 2.24) is 9.78 Å². The Balaban J connectivity index is 1.75. The number of hydrogen-bond acceptors (Lipinski definition) is 3. The molecule has 1 saturated carbocycles. The number of hydrogen-bond donors (Lipinski definition) is 0. The maximum atomic E-state index is 4.86. The topological polar surface area (TPSA) is 39.4 Å². The third kappa shape index (κ3) is 2.74. The van der Waals surface area contributed by atoms with E-state index in [4.69, 9.17) is 4.84 Å². The van der Waals surface area contributed by atoms with Crippen LogP contribution in [0.2, 0.25) is 0 Å². The second-order valence-electron chi connectivity index (χ2n) is 4.94. The Morgan fingerprint density at radius 1 is 1.15 bits per heavy atom. The molecule has 1 aliphatic carbocycles. The third-order valence-corrected chi connectivity index (χ3v) is 3.67. The molecular formula is C16H18N3O. The van der Waals surface area contributed by atoms with Crippen LogP contribution in [-0.4, -0.2) is 22.6 Å². The van der Waals surface area contributed by atoms with Gasteiger partial charge in [-0.2, -0.15) is 5.10 Å². The number of benzene rings is 1. The van der Waals surface area contributed by atoms with Gasteiger partial charge in [0.15, 0.2) is 0 Å². The highest BCUT2D eigenvalue weighted by atomic mass is 16.6. The minimum absolute atomic E-state index is 0.995. The van der Waals surface area contributed by atoms with Crippen molar-refractivity contribution in [3.63, 3.8) is 0 Å². The van der Waals surface area contributed by atoms with Crippen LogP contribution < -0.4 is 0 Å². The Morgan fingerprint density at radius 2 is 2.00 bits per heavy atom. The molecule has 1 fully saturated rings. The van der Waals surface area contributed by atoms with E-state index in [1.54, 1.807) is 13.3 Å². The fraction of sp³-hybridized carbons (Fsp3) is 0.312. The molecule has 0 spiro atoms. The van der Waals surface area contributed by atoms with Crippen molar-refractivity contribution in [2.24, 2.45) is 5.16 Å². The van der Waals surface area contributed by atoms with Gasteiger partial charge in [0.05, 0.1) is 11.4 Å². The summed E-state index contributed by atoms with van der Waals surface area (Å²) in [6.07, 6.45) is 7.88. The van der Waals surface area contributed by atoms with Crippen molar-refractivity contribution >= 4 is 5.71 Å². The summed E-state index contributed by atoms with van der Waals surface area (Å²) in [5, 5.41) is 8.34. The van der Waals surface area contributed by atoms with Crippen LogP contribution in [-0.2, 0) is 4.84 Å². The summed E-state index contributed by atoms with van der Waals surface area (Å²) in [5.74, 6) is 1.49.